The Morgan fingerprint density at radius 3 is 2.56 bits per heavy atom. The van der Waals surface area contributed by atoms with Gasteiger partial charge in [0.15, 0.2) is 23.0 Å². The Morgan fingerprint density at radius 2 is 1.85 bits per heavy atom. The van der Waals surface area contributed by atoms with Crippen LogP contribution in [0.1, 0.15) is 44.5 Å². The zero-order valence-corrected chi connectivity index (χ0v) is 19.2. The number of piperazine rings is 1. The summed E-state index contributed by atoms with van der Waals surface area (Å²) >= 11 is 0. The van der Waals surface area contributed by atoms with Gasteiger partial charge in [-0.15, -0.1) is 0 Å². The molecule has 0 unspecified atom stereocenters. The average Bonchev–Trinajstić information content (AvgIpc) is 3.42. The van der Waals surface area contributed by atoms with Crippen LogP contribution in [0.15, 0.2) is 47.2 Å². The van der Waals surface area contributed by atoms with E-state index in [4.69, 9.17) is 18.9 Å². The highest BCUT2D eigenvalue weighted by Crippen LogP contribution is 2.36. The number of benzene rings is 1. The molecule has 1 amide bonds. The summed E-state index contributed by atoms with van der Waals surface area (Å²) in [6.45, 7) is 2.32. The molecule has 0 spiro atoms. The molecular formula is C25H26N4O5. The summed E-state index contributed by atoms with van der Waals surface area (Å²) < 4.78 is 16.0. The number of fused-ring (bicyclic) bond motifs is 1. The van der Waals surface area contributed by atoms with Crippen molar-refractivity contribution in [3.8, 4) is 11.5 Å². The lowest BCUT2D eigenvalue weighted by Crippen LogP contribution is -2.49. The standard InChI is InChI=1S/C25H26N4O5/c1-32-21-6-5-16(14-23(21)33-2)17-12-19-18(20(30)13-17)15-26-25(27-19)29-9-7-28(8-10-29)24(31)22-4-3-11-34-22/h3-6,11,14-15,17H,7-10,12-13H2,1-2H3/t17-/m0/s1. The van der Waals surface area contributed by atoms with Crippen LogP contribution in [0, 0.1) is 0 Å². The maximum atomic E-state index is 12.9. The van der Waals surface area contributed by atoms with Crippen LogP contribution >= 0.6 is 0 Å². The minimum absolute atomic E-state index is 0.00493. The van der Waals surface area contributed by atoms with Crippen molar-refractivity contribution in [2.24, 2.45) is 0 Å². The molecule has 9 nitrogen and oxygen atoms in total. The molecule has 3 heterocycles. The second kappa shape index (κ2) is 9.17. The highest BCUT2D eigenvalue weighted by molar-refractivity contribution is 5.98. The lowest BCUT2D eigenvalue weighted by molar-refractivity contribution is 0.0714. The number of hydrogen-bond acceptors (Lipinski definition) is 8. The van der Waals surface area contributed by atoms with Gasteiger partial charge in [-0.1, -0.05) is 6.07 Å². The maximum absolute atomic E-state index is 12.9. The predicted octanol–water partition coefficient (Wildman–Crippen LogP) is 2.96. The number of ketones is 1. The number of Topliss-reactive ketones (excluding diaryl/α,β-unsaturated/α-hetero) is 1. The van der Waals surface area contributed by atoms with Crippen LogP contribution in [0.3, 0.4) is 0 Å². The Morgan fingerprint density at radius 1 is 1.06 bits per heavy atom. The van der Waals surface area contributed by atoms with E-state index in [9.17, 15) is 9.59 Å². The fourth-order valence-corrected chi connectivity index (χ4v) is 4.59. The van der Waals surface area contributed by atoms with Crippen LogP contribution in [0.5, 0.6) is 11.5 Å². The van der Waals surface area contributed by atoms with E-state index in [0.717, 1.165) is 11.3 Å². The smallest absolute Gasteiger partial charge is 0.289 e. The lowest BCUT2D eigenvalue weighted by Gasteiger charge is -2.34. The third kappa shape index (κ3) is 4.09. The van der Waals surface area contributed by atoms with Crippen LogP contribution in [0.25, 0.3) is 0 Å². The van der Waals surface area contributed by atoms with E-state index in [1.807, 2.05) is 18.2 Å². The van der Waals surface area contributed by atoms with Gasteiger partial charge in [0.2, 0.25) is 5.95 Å². The number of methoxy groups -OCH3 is 2. The molecule has 5 rings (SSSR count). The first-order valence-corrected chi connectivity index (χ1v) is 11.3. The number of carbonyl (C=O) groups is 2. The van der Waals surface area contributed by atoms with Gasteiger partial charge in [-0.2, -0.15) is 0 Å². The topological polar surface area (TPSA) is 98.0 Å². The molecule has 1 aliphatic heterocycles. The van der Waals surface area contributed by atoms with Gasteiger partial charge in [0.1, 0.15) is 0 Å². The zero-order chi connectivity index (χ0) is 23.7. The SMILES string of the molecule is COc1ccc([C@@H]2CC(=O)c3cnc(N4CCN(C(=O)c5ccco5)CC4)nc3C2)cc1OC. The van der Waals surface area contributed by atoms with E-state index in [1.165, 1.54) is 6.26 Å². The van der Waals surface area contributed by atoms with E-state index in [2.05, 4.69) is 9.88 Å². The fourth-order valence-electron chi connectivity index (χ4n) is 4.59. The molecule has 3 aromatic rings. The first-order chi connectivity index (χ1) is 16.6. The van der Waals surface area contributed by atoms with E-state index in [0.29, 0.717) is 67.8 Å². The Balaban J connectivity index is 1.31. The number of aromatic nitrogens is 2. The first-order valence-electron chi connectivity index (χ1n) is 11.3. The molecule has 1 atom stereocenters. The molecule has 34 heavy (non-hydrogen) atoms. The molecule has 0 bridgehead atoms. The van der Waals surface area contributed by atoms with Crippen molar-refractivity contribution < 1.29 is 23.5 Å². The Hall–Kier alpha value is -3.88. The minimum Gasteiger partial charge on any atom is -0.493 e. The summed E-state index contributed by atoms with van der Waals surface area (Å²) in [7, 11) is 3.20. The van der Waals surface area contributed by atoms with Gasteiger partial charge >= 0.3 is 0 Å². The van der Waals surface area contributed by atoms with Gasteiger partial charge in [0.25, 0.3) is 5.91 Å². The molecule has 1 saturated heterocycles. The van der Waals surface area contributed by atoms with Crippen molar-refractivity contribution in [3.05, 3.63) is 65.4 Å². The Labute approximate surface area is 197 Å². The van der Waals surface area contributed by atoms with Gasteiger partial charge in [-0.05, 0) is 42.2 Å². The van der Waals surface area contributed by atoms with Crippen molar-refractivity contribution in [1.29, 1.82) is 0 Å². The van der Waals surface area contributed by atoms with E-state index < -0.39 is 0 Å². The third-order valence-electron chi connectivity index (χ3n) is 6.49. The van der Waals surface area contributed by atoms with Crippen molar-refractivity contribution in [3.63, 3.8) is 0 Å². The number of hydrogen-bond donors (Lipinski definition) is 0. The maximum Gasteiger partial charge on any atom is 0.289 e. The Kier molecular flexibility index (Phi) is 5.91. The molecule has 1 fully saturated rings. The normalized spacial score (nSPS) is 17.9. The summed E-state index contributed by atoms with van der Waals surface area (Å²) in [6.07, 6.45) is 4.19. The Bertz CT molecular complexity index is 1200. The summed E-state index contributed by atoms with van der Waals surface area (Å²) in [5.74, 6) is 2.17. The van der Waals surface area contributed by atoms with Gasteiger partial charge in [0.05, 0.1) is 31.7 Å². The number of amides is 1. The molecule has 2 aliphatic rings. The molecule has 0 saturated carbocycles. The first kappa shape index (κ1) is 21.9. The van der Waals surface area contributed by atoms with Crippen molar-refractivity contribution in [2.45, 2.75) is 18.8 Å². The quantitative estimate of drug-likeness (QED) is 0.571. The molecule has 1 aliphatic carbocycles. The summed E-state index contributed by atoms with van der Waals surface area (Å²) in [6, 6.07) is 9.15. The highest BCUT2D eigenvalue weighted by Gasteiger charge is 2.30. The summed E-state index contributed by atoms with van der Waals surface area (Å²) in [5.41, 5.74) is 2.36. The largest absolute Gasteiger partial charge is 0.493 e. The van der Waals surface area contributed by atoms with Crippen molar-refractivity contribution >= 4 is 17.6 Å². The van der Waals surface area contributed by atoms with Crippen molar-refractivity contribution in [1.82, 2.24) is 14.9 Å². The molecule has 1 aromatic carbocycles. The van der Waals surface area contributed by atoms with Crippen LogP contribution < -0.4 is 14.4 Å². The number of ether oxygens (including phenoxy) is 2. The summed E-state index contributed by atoms with van der Waals surface area (Å²) in [5, 5.41) is 0. The number of anilines is 1. The van der Waals surface area contributed by atoms with Crippen LogP contribution in [0.2, 0.25) is 0 Å². The molecule has 2 aromatic heterocycles. The molecule has 176 valence electrons. The number of carbonyl (C=O) groups excluding carboxylic acids is 2. The van der Waals surface area contributed by atoms with Crippen LogP contribution in [-0.4, -0.2) is 67.0 Å². The van der Waals surface area contributed by atoms with Crippen LogP contribution in [0.4, 0.5) is 5.95 Å². The zero-order valence-electron chi connectivity index (χ0n) is 19.2. The molecular weight excluding hydrogens is 436 g/mol. The van der Waals surface area contributed by atoms with E-state index in [1.54, 1.807) is 37.4 Å². The number of rotatable bonds is 5. The van der Waals surface area contributed by atoms with Gasteiger partial charge < -0.3 is 23.7 Å². The second-order valence-corrected chi connectivity index (χ2v) is 8.43. The molecule has 0 radical (unpaired) electrons. The van der Waals surface area contributed by atoms with Gasteiger partial charge in [-0.25, -0.2) is 9.97 Å². The number of nitrogens with zero attached hydrogens (tertiary/aromatic N) is 4. The van der Waals surface area contributed by atoms with Crippen molar-refractivity contribution in [2.75, 3.05) is 45.3 Å². The average molecular weight is 463 g/mol. The van der Waals surface area contributed by atoms with Crippen LogP contribution in [-0.2, 0) is 6.42 Å². The van der Waals surface area contributed by atoms with Gasteiger partial charge in [0, 0.05) is 38.8 Å². The fraction of sp³-hybridized carbons (Fsp3) is 0.360. The van der Waals surface area contributed by atoms with E-state index in [-0.39, 0.29) is 17.6 Å². The predicted molar refractivity (Wildman–Crippen MR) is 124 cm³/mol. The second-order valence-electron chi connectivity index (χ2n) is 8.43. The number of furan rings is 1. The monoisotopic (exact) mass is 462 g/mol. The lowest BCUT2D eigenvalue weighted by atomic mass is 9.82. The third-order valence-corrected chi connectivity index (χ3v) is 6.49. The molecule has 9 heteroatoms. The van der Waals surface area contributed by atoms with Gasteiger partial charge in [-0.3, -0.25) is 9.59 Å². The highest BCUT2D eigenvalue weighted by atomic mass is 16.5. The molecule has 0 N–H and O–H groups in total. The van der Waals surface area contributed by atoms with E-state index >= 15 is 0 Å². The summed E-state index contributed by atoms with van der Waals surface area (Å²) in [4.78, 5) is 38.4. The minimum atomic E-state index is -0.112.